The fourth-order valence-electron chi connectivity index (χ4n) is 1.90. The number of fused-ring (bicyclic) bond motifs is 1. The van der Waals surface area contributed by atoms with Gasteiger partial charge in [-0.1, -0.05) is 0 Å². The number of amides is 1. The van der Waals surface area contributed by atoms with Gasteiger partial charge in [0, 0.05) is 5.54 Å². The van der Waals surface area contributed by atoms with Crippen molar-refractivity contribution < 1.29 is 4.79 Å². The molecule has 0 unspecified atom stereocenters. The number of aryl methyl sites for hydroxylation is 1. The van der Waals surface area contributed by atoms with Crippen molar-refractivity contribution in [3.63, 3.8) is 0 Å². The van der Waals surface area contributed by atoms with Crippen molar-refractivity contribution in [2.75, 3.05) is 11.9 Å². The van der Waals surface area contributed by atoms with Crippen molar-refractivity contribution in [2.24, 2.45) is 0 Å². The second-order valence-corrected chi connectivity index (χ2v) is 5.84. The van der Waals surface area contributed by atoms with E-state index < -0.39 is 0 Å². The Balaban J connectivity index is 2.19. The van der Waals surface area contributed by atoms with Gasteiger partial charge in [-0.15, -0.1) is 10.2 Å². The molecule has 2 rings (SSSR count). The summed E-state index contributed by atoms with van der Waals surface area (Å²) < 4.78 is 1.60. The van der Waals surface area contributed by atoms with Crippen molar-refractivity contribution in [2.45, 2.75) is 40.2 Å². The summed E-state index contributed by atoms with van der Waals surface area (Å²) in [6.45, 7) is 9.89. The van der Waals surface area contributed by atoms with Crippen LogP contribution in [0.3, 0.4) is 0 Å². The zero-order valence-corrected chi connectivity index (χ0v) is 12.5. The van der Waals surface area contributed by atoms with Crippen LogP contribution in [-0.4, -0.2) is 37.8 Å². The molecule has 0 atom stereocenters. The van der Waals surface area contributed by atoms with Crippen molar-refractivity contribution in [1.29, 1.82) is 0 Å². The SMILES string of the molecule is Cc1nn2cnnc2c(NCC(=O)NC(C)(C)C)c1C. The lowest BCUT2D eigenvalue weighted by Crippen LogP contribution is -2.43. The molecule has 0 spiro atoms. The highest BCUT2D eigenvalue weighted by molar-refractivity contribution is 5.83. The van der Waals surface area contributed by atoms with E-state index in [0.717, 1.165) is 16.9 Å². The number of carbonyl (C=O) groups is 1. The number of nitrogens with zero attached hydrogens (tertiary/aromatic N) is 4. The highest BCUT2D eigenvalue weighted by atomic mass is 16.2. The molecule has 108 valence electrons. The van der Waals surface area contributed by atoms with E-state index >= 15 is 0 Å². The first-order valence-electron chi connectivity index (χ1n) is 6.50. The highest BCUT2D eigenvalue weighted by Crippen LogP contribution is 2.20. The van der Waals surface area contributed by atoms with Gasteiger partial charge in [-0.2, -0.15) is 9.61 Å². The number of hydrogen-bond acceptors (Lipinski definition) is 5. The van der Waals surface area contributed by atoms with Gasteiger partial charge in [0.15, 0.2) is 0 Å². The van der Waals surface area contributed by atoms with Crippen LogP contribution in [0.15, 0.2) is 6.33 Å². The lowest BCUT2D eigenvalue weighted by molar-refractivity contribution is -0.120. The molecule has 0 bridgehead atoms. The van der Waals surface area contributed by atoms with Crippen LogP contribution < -0.4 is 10.6 Å². The third kappa shape index (κ3) is 3.04. The summed E-state index contributed by atoms with van der Waals surface area (Å²) in [7, 11) is 0. The van der Waals surface area contributed by atoms with Gasteiger partial charge >= 0.3 is 0 Å². The molecule has 0 aromatic carbocycles. The van der Waals surface area contributed by atoms with E-state index in [2.05, 4.69) is 25.9 Å². The molecule has 7 nitrogen and oxygen atoms in total. The third-order valence-electron chi connectivity index (χ3n) is 2.87. The monoisotopic (exact) mass is 276 g/mol. The van der Waals surface area contributed by atoms with Gasteiger partial charge < -0.3 is 10.6 Å². The first kappa shape index (κ1) is 14.2. The molecule has 0 aliphatic rings. The van der Waals surface area contributed by atoms with E-state index in [1.54, 1.807) is 10.8 Å². The number of carbonyl (C=O) groups excluding carboxylic acids is 1. The molecular weight excluding hydrogens is 256 g/mol. The van der Waals surface area contributed by atoms with Gasteiger partial charge in [-0.05, 0) is 40.2 Å². The second kappa shape index (κ2) is 5.07. The third-order valence-corrected chi connectivity index (χ3v) is 2.87. The van der Waals surface area contributed by atoms with Crippen LogP contribution in [0.4, 0.5) is 5.69 Å². The molecular formula is C13H20N6O. The Kier molecular flexibility index (Phi) is 3.61. The van der Waals surface area contributed by atoms with Crippen molar-refractivity contribution in [3.8, 4) is 0 Å². The highest BCUT2D eigenvalue weighted by Gasteiger charge is 2.16. The smallest absolute Gasteiger partial charge is 0.239 e. The van der Waals surface area contributed by atoms with Gasteiger partial charge in [0.25, 0.3) is 0 Å². The molecule has 7 heteroatoms. The molecule has 0 fully saturated rings. The Bertz CT molecular complexity index is 640. The van der Waals surface area contributed by atoms with Crippen LogP contribution in [0.2, 0.25) is 0 Å². The molecule has 1 amide bonds. The Labute approximate surface area is 117 Å². The minimum absolute atomic E-state index is 0.0657. The van der Waals surface area contributed by atoms with Gasteiger partial charge in [-0.25, -0.2) is 0 Å². The lowest BCUT2D eigenvalue weighted by Gasteiger charge is -2.21. The topological polar surface area (TPSA) is 84.2 Å². The fraction of sp³-hybridized carbons (Fsp3) is 0.538. The summed E-state index contributed by atoms with van der Waals surface area (Å²) in [6, 6.07) is 0. The zero-order valence-electron chi connectivity index (χ0n) is 12.5. The average Bonchev–Trinajstić information content (AvgIpc) is 2.74. The summed E-state index contributed by atoms with van der Waals surface area (Å²) in [6.07, 6.45) is 1.54. The van der Waals surface area contributed by atoms with Crippen LogP contribution in [0.25, 0.3) is 5.65 Å². The van der Waals surface area contributed by atoms with Crippen molar-refractivity contribution in [1.82, 2.24) is 25.1 Å². The van der Waals surface area contributed by atoms with E-state index in [9.17, 15) is 4.79 Å². The molecule has 2 aromatic rings. The molecule has 20 heavy (non-hydrogen) atoms. The number of aromatic nitrogens is 4. The molecule has 2 heterocycles. The first-order chi connectivity index (χ1) is 9.28. The predicted molar refractivity (Wildman–Crippen MR) is 76.6 cm³/mol. The molecule has 0 aliphatic heterocycles. The normalized spacial score (nSPS) is 11.7. The first-order valence-corrected chi connectivity index (χ1v) is 6.50. The molecule has 0 radical (unpaired) electrons. The van der Waals surface area contributed by atoms with E-state index in [1.165, 1.54) is 0 Å². The van der Waals surface area contributed by atoms with Gasteiger partial charge in [0.1, 0.15) is 6.33 Å². The van der Waals surface area contributed by atoms with Crippen molar-refractivity contribution >= 4 is 17.2 Å². The van der Waals surface area contributed by atoms with E-state index in [-0.39, 0.29) is 18.0 Å². The van der Waals surface area contributed by atoms with Crippen LogP contribution in [0.1, 0.15) is 32.0 Å². The maximum absolute atomic E-state index is 11.9. The zero-order chi connectivity index (χ0) is 14.9. The fourth-order valence-corrected chi connectivity index (χ4v) is 1.90. The van der Waals surface area contributed by atoms with E-state index in [1.807, 2.05) is 34.6 Å². The number of hydrogen-bond donors (Lipinski definition) is 2. The van der Waals surface area contributed by atoms with Crippen molar-refractivity contribution in [3.05, 3.63) is 17.6 Å². The minimum Gasteiger partial charge on any atom is -0.373 e. The average molecular weight is 276 g/mol. The summed E-state index contributed by atoms with van der Waals surface area (Å²) in [4.78, 5) is 11.9. The van der Waals surface area contributed by atoms with Crippen LogP contribution in [-0.2, 0) is 4.79 Å². The van der Waals surface area contributed by atoms with Crippen LogP contribution in [0, 0.1) is 13.8 Å². The maximum Gasteiger partial charge on any atom is 0.239 e. The minimum atomic E-state index is -0.244. The Morgan fingerprint density at radius 1 is 1.35 bits per heavy atom. The second-order valence-electron chi connectivity index (χ2n) is 5.84. The number of rotatable bonds is 3. The standard InChI is InChI=1S/C13H20N6O/c1-8-9(2)18-19-7-15-17-12(19)11(8)14-6-10(20)16-13(3,4)5/h7,14H,6H2,1-5H3,(H,16,20). The largest absolute Gasteiger partial charge is 0.373 e. The molecule has 0 saturated heterocycles. The molecule has 2 aromatic heterocycles. The summed E-state index contributed by atoms with van der Waals surface area (Å²) in [5.41, 5.74) is 3.01. The summed E-state index contributed by atoms with van der Waals surface area (Å²) >= 11 is 0. The predicted octanol–water partition coefficient (Wildman–Crippen LogP) is 1.07. The van der Waals surface area contributed by atoms with Gasteiger partial charge in [-0.3, -0.25) is 4.79 Å². The molecule has 0 saturated carbocycles. The summed E-state index contributed by atoms with van der Waals surface area (Å²) in [5, 5.41) is 18.2. The maximum atomic E-state index is 11.9. The lowest BCUT2D eigenvalue weighted by atomic mass is 10.1. The number of anilines is 1. The Hall–Kier alpha value is -2.18. The van der Waals surface area contributed by atoms with E-state index in [4.69, 9.17) is 0 Å². The Morgan fingerprint density at radius 2 is 2.05 bits per heavy atom. The van der Waals surface area contributed by atoms with Gasteiger partial charge in [0.05, 0.1) is 17.9 Å². The quantitative estimate of drug-likeness (QED) is 0.876. The molecule has 0 aliphatic carbocycles. The summed E-state index contributed by atoms with van der Waals surface area (Å²) in [5.74, 6) is -0.0657. The number of nitrogens with one attached hydrogen (secondary N) is 2. The van der Waals surface area contributed by atoms with E-state index in [0.29, 0.717) is 5.65 Å². The van der Waals surface area contributed by atoms with Crippen LogP contribution >= 0.6 is 0 Å². The van der Waals surface area contributed by atoms with Gasteiger partial charge in [0.2, 0.25) is 11.6 Å². The molecule has 2 N–H and O–H groups in total. The Morgan fingerprint density at radius 3 is 2.70 bits per heavy atom. The van der Waals surface area contributed by atoms with Crippen LogP contribution in [0.5, 0.6) is 0 Å².